The number of unbranched alkanes of at least 4 members (excludes halogenated alkanes) is 1. The van der Waals surface area contributed by atoms with E-state index in [1.807, 2.05) is 12.1 Å². The molecule has 0 bridgehead atoms. The molecule has 210 valence electrons. The van der Waals surface area contributed by atoms with Crippen LogP contribution in [0.25, 0.3) is 0 Å². The van der Waals surface area contributed by atoms with Gasteiger partial charge in [0.15, 0.2) is 0 Å². The topological polar surface area (TPSA) is 44.4 Å². The first-order valence-electron chi connectivity index (χ1n) is 14.0. The van der Waals surface area contributed by atoms with Gasteiger partial charge in [-0.05, 0) is 101 Å². The van der Waals surface area contributed by atoms with Crippen molar-refractivity contribution in [1.29, 1.82) is 0 Å². The van der Waals surface area contributed by atoms with Gasteiger partial charge in [-0.1, -0.05) is 55.3 Å². The molecule has 39 heavy (non-hydrogen) atoms. The Bertz CT molecular complexity index is 1140. The Hall–Kier alpha value is -3.09. The second-order valence-electron chi connectivity index (χ2n) is 10.7. The molecule has 3 aromatic rings. The van der Waals surface area contributed by atoms with Crippen LogP contribution < -0.4 is 10.6 Å². The standard InChI is InChI=1S/C26H37N3O.C7H6F2/c1-4-5-16-29(3)20-22-17-21(2)18-23(19-22)25(30)27-14-9-15-28-26(12-13-26)24-10-7-6-8-11-24;1-5-2-6(8)4-7(9)3-5/h6-8,10-11,17-19,28H,4-5,9,12-16,20H2,1-3H3,(H,27,30);2-4H,1H3. The van der Waals surface area contributed by atoms with Gasteiger partial charge in [-0.2, -0.15) is 0 Å². The van der Waals surface area contributed by atoms with Crippen LogP contribution in [0.2, 0.25) is 0 Å². The molecule has 0 aromatic heterocycles. The molecule has 0 saturated heterocycles. The molecule has 4 rings (SSSR count). The Morgan fingerprint density at radius 3 is 2.18 bits per heavy atom. The van der Waals surface area contributed by atoms with Gasteiger partial charge in [-0.15, -0.1) is 0 Å². The Morgan fingerprint density at radius 2 is 1.56 bits per heavy atom. The summed E-state index contributed by atoms with van der Waals surface area (Å²) in [6, 6.07) is 20.3. The summed E-state index contributed by atoms with van der Waals surface area (Å²) < 4.78 is 24.4. The third-order valence-corrected chi connectivity index (χ3v) is 6.93. The molecule has 1 fully saturated rings. The summed E-state index contributed by atoms with van der Waals surface area (Å²) in [5, 5.41) is 6.79. The lowest BCUT2D eigenvalue weighted by Gasteiger charge is -2.18. The predicted molar refractivity (Wildman–Crippen MR) is 156 cm³/mol. The Balaban J connectivity index is 0.000000395. The number of carbonyl (C=O) groups excluding carboxylic acids is 1. The molecule has 1 saturated carbocycles. The average Bonchev–Trinajstić information content (AvgIpc) is 3.68. The monoisotopic (exact) mass is 535 g/mol. The van der Waals surface area contributed by atoms with E-state index < -0.39 is 11.6 Å². The summed E-state index contributed by atoms with van der Waals surface area (Å²) in [5.74, 6) is -1.01. The number of benzene rings is 3. The maximum atomic E-state index is 12.7. The molecule has 0 atom stereocenters. The van der Waals surface area contributed by atoms with Crippen molar-refractivity contribution in [3.63, 3.8) is 0 Å². The van der Waals surface area contributed by atoms with Gasteiger partial charge in [0.25, 0.3) is 5.91 Å². The van der Waals surface area contributed by atoms with E-state index in [1.165, 1.54) is 48.9 Å². The molecule has 0 radical (unpaired) electrons. The maximum Gasteiger partial charge on any atom is 0.251 e. The zero-order chi connectivity index (χ0) is 28.3. The minimum absolute atomic E-state index is 0.0281. The van der Waals surface area contributed by atoms with Crippen molar-refractivity contribution >= 4 is 5.91 Å². The number of halogens is 2. The second kappa shape index (κ2) is 14.9. The lowest BCUT2D eigenvalue weighted by atomic mass is 10.0. The fourth-order valence-corrected chi connectivity index (χ4v) is 4.77. The highest BCUT2D eigenvalue weighted by molar-refractivity contribution is 5.94. The number of hydrogen-bond acceptors (Lipinski definition) is 3. The number of rotatable bonds is 12. The number of nitrogens with zero attached hydrogens (tertiary/aromatic N) is 1. The Labute approximate surface area is 232 Å². The van der Waals surface area contributed by atoms with Crippen molar-refractivity contribution in [2.75, 3.05) is 26.7 Å². The minimum Gasteiger partial charge on any atom is -0.352 e. The maximum absolute atomic E-state index is 12.7. The van der Waals surface area contributed by atoms with Gasteiger partial charge >= 0.3 is 0 Å². The Kier molecular flexibility index (Phi) is 11.6. The molecule has 4 nitrogen and oxygen atoms in total. The van der Waals surface area contributed by atoms with E-state index in [0.717, 1.165) is 43.2 Å². The van der Waals surface area contributed by atoms with Crippen LogP contribution >= 0.6 is 0 Å². The fourth-order valence-electron chi connectivity index (χ4n) is 4.77. The van der Waals surface area contributed by atoms with E-state index in [1.54, 1.807) is 6.92 Å². The lowest BCUT2D eigenvalue weighted by Crippen LogP contribution is -2.32. The van der Waals surface area contributed by atoms with E-state index in [-0.39, 0.29) is 11.4 Å². The zero-order valence-electron chi connectivity index (χ0n) is 23.8. The van der Waals surface area contributed by atoms with Crippen LogP contribution in [0.1, 0.15) is 71.6 Å². The van der Waals surface area contributed by atoms with Crippen molar-refractivity contribution in [3.05, 3.63) is 106 Å². The molecule has 1 aliphatic carbocycles. The van der Waals surface area contributed by atoms with Gasteiger partial charge in [-0.25, -0.2) is 8.78 Å². The number of amides is 1. The van der Waals surface area contributed by atoms with Crippen molar-refractivity contribution in [3.8, 4) is 0 Å². The SMILES string of the molecule is CCCCN(C)Cc1cc(C)cc(C(=O)NCCCNC2(c3ccccc3)CC2)c1.Cc1cc(F)cc(F)c1. The smallest absolute Gasteiger partial charge is 0.251 e. The largest absolute Gasteiger partial charge is 0.352 e. The number of nitrogens with one attached hydrogen (secondary N) is 2. The molecule has 2 N–H and O–H groups in total. The highest BCUT2D eigenvalue weighted by Gasteiger charge is 2.43. The normalized spacial score (nSPS) is 13.5. The molecule has 0 spiro atoms. The third-order valence-electron chi connectivity index (χ3n) is 6.93. The van der Waals surface area contributed by atoms with Gasteiger partial charge in [0.2, 0.25) is 0 Å². The van der Waals surface area contributed by atoms with Crippen LogP contribution in [0.5, 0.6) is 0 Å². The van der Waals surface area contributed by atoms with Crippen LogP contribution in [-0.4, -0.2) is 37.5 Å². The van der Waals surface area contributed by atoms with Crippen molar-refractivity contribution in [1.82, 2.24) is 15.5 Å². The van der Waals surface area contributed by atoms with Crippen LogP contribution in [0.4, 0.5) is 8.78 Å². The van der Waals surface area contributed by atoms with Crippen LogP contribution in [-0.2, 0) is 12.1 Å². The van der Waals surface area contributed by atoms with Gasteiger partial charge in [-0.3, -0.25) is 4.79 Å². The lowest BCUT2D eigenvalue weighted by molar-refractivity contribution is 0.0953. The zero-order valence-corrected chi connectivity index (χ0v) is 23.8. The van der Waals surface area contributed by atoms with Crippen molar-refractivity contribution in [2.24, 2.45) is 0 Å². The molecule has 1 amide bonds. The number of carbonyl (C=O) groups is 1. The third kappa shape index (κ3) is 10.2. The van der Waals surface area contributed by atoms with E-state index in [9.17, 15) is 13.6 Å². The summed E-state index contributed by atoms with van der Waals surface area (Å²) in [6.45, 7) is 9.50. The fraction of sp³-hybridized carbons (Fsp3) is 0.424. The summed E-state index contributed by atoms with van der Waals surface area (Å²) in [4.78, 5) is 15.0. The summed E-state index contributed by atoms with van der Waals surface area (Å²) in [7, 11) is 2.15. The molecular formula is C33H43F2N3O. The molecular weight excluding hydrogens is 492 g/mol. The molecule has 0 heterocycles. The van der Waals surface area contributed by atoms with Gasteiger partial charge < -0.3 is 15.5 Å². The second-order valence-corrected chi connectivity index (χ2v) is 10.7. The van der Waals surface area contributed by atoms with Crippen LogP contribution in [0.3, 0.4) is 0 Å². The molecule has 3 aromatic carbocycles. The van der Waals surface area contributed by atoms with E-state index in [4.69, 9.17) is 0 Å². The molecule has 0 aliphatic heterocycles. The molecule has 0 unspecified atom stereocenters. The minimum atomic E-state index is -0.521. The first-order valence-corrected chi connectivity index (χ1v) is 14.0. The predicted octanol–water partition coefficient (Wildman–Crippen LogP) is 6.90. The van der Waals surface area contributed by atoms with Crippen LogP contribution in [0.15, 0.2) is 66.7 Å². The van der Waals surface area contributed by atoms with Crippen LogP contribution in [0, 0.1) is 25.5 Å². The summed E-state index contributed by atoms with van der Waals surface area (Å²) in [6.07, 6.45) is 5.73. The average molecular weight is 536 g/mol. The van der Waals surface area contributed by atoms with Gasteiger partial charge in [0.05, 0.1) is 0 Å². The highest BCUT2D eigenvalue weighted by atomic mass is 19.1. The van der Waals surface area contributed by atoms with Crippen molar-refractivity contribution in [2.45, 2.75) is 65.0 Å². The van der Waals surface area contributed by atoms with E-state index >= 15 is 0 Å². The summed E-state index contributed by atoms with van der Waals surface area (Å²) >= 11 is 0. The quantitative estimate of drug-likeness (QED) is 0.248. The van der Waals surface area contributed by atoms with Crippen molar-refractivity contribution < 1.29 is 13.6 Å². The molecule has 1 aliphatic rings. The van der Waals surface area contributed by atoms with Gasteiger partial charge in [0.1, 0.15) is 11.6 Å². The van der Waals surface area contributed by atoms with E-state index in [2.05, 4.69) is 72.8 Å². The first kappa shape index (κ1) is 30.5. The van der Waals surface area contributed by atoms with E-state index in [0.29, 0.717) is 12.1 Å². The number of aryl methyl sites for hydroxylation is 2. The Morgan fingerprint density at radius 1 is 0.897 bits per heavy atom. The summed E-state index contributed by atoms with van der Waals surface area (Å²) in [5.41, 5.74) is 5.27. The first-order chi connectivity index (χ1) is 18.7. The van der Waals surface area contributed by atoms with Gasteiger partial charge in [0, 0.05) is 30.3 Å². The highest BCUT2D eigenvalue weighted by Crippen LogP contribution is 2.45. The number of hydrogen-bond donors (Lipinski definition) is 2. The molecule has 6 heteroatoms.